The van der Waals surface area contributed by atoms with Crippen molar-refractivity contribution < 1.29 is 13.9 Å². The normalized spacial score (nSPS) is 26.6. The summed E-state index contributed by atoms with van der Waals surface area (Å²) in [5.41, 5.74) is 0.351. The van der Waals surface area contributed by atoms with Gasteiger partial charge in [0.1, 0.15) is 6.61 Å². The van der Waals surface area contributed by atoms with E-state index in [4.69, 9.17) is 5.11 Å². The van der Waals surface area contributed by atoms with Gasteiger partial charge < -0.3 is 5.11 Å². The monoisotopic (exact) mass is 219 g/mol. The summed E-state index contributed by atoms with van der Waals surface area (Å²) < 4.78 is 25.8. The molecule has 2 aliphatic rings. The van der Waals surface area contributed by atoms with E-state index in [1.165, 1.54) is 32.1 Å². The Labute approximate surface area is 89.3 Å². The van der Waals surface area contributed by atoms with E-state index in [1.54, 1.807) is 4.90 Å². The molecule has 1 saturated heterocycles. The summed E-state index contributed by atoms with van der Waals surface area (Å²) in [6, 6.07) is 0. The van der Waals surface area contributed by atoms with Gasteiger partial charge in [0.25, 0.3) is 5.92 Å². The van der Waals surface area contributed by atoms with E-state index in [1.807, 2.05) is 0 Å². The molecule has 0 radical (unpaired) electrons. The van der Waals surface area contributed by atoms with Crippen LogP contribution < -0.4 is 0 Å². The van der Waals surface area contributed by atoms with Crippen molar-refractivity contribution in [2.45, 2.75) is 38.0 Å². The van der Waals surface area contributed by atoms with Crippen molar-refractivity contribution in [3.8, 4) is 0 Å². The summed E-state index contributed by atoms with van der Waals surface area (Å²) in [4.78, 5) is 1.78. The topological polar surface area (TPSA) is 23.5 Å². The second-order valence-corrected chi connectivity index (χ2v) is 5.22. The van der Waals surface area contributed by atoms with Crippen LogP contribution in [-0.4, -0.2) is 42.2 Å². The van der Waals surface area contributed by atoms with Gasteiger partial charge in [-0.3, -0.25) is 4.90 Å². The highest BCUT2D eigenvalue weighted by Gasteiger charge is 2.46. The van der Waals surface area contributed by atoms with Crippen LogP contribution >= 0.6 is 0 Å². The minimum Gasteiger partial charge on any atom is -0.390 e. The van der Waals surface area contributed by atoms with Crippen LogP contribution in [0.15, 0.2) is 0 Å². The van der Waals surface area contributed by atoms with Crippen LogP contribution in [0.3, 0.4) is 0 Å². The van der Waals surface area contributed by atoms with Crippen LogP contribution in [0.25, 0.3) is 0 Å². The largest absolute Gasteiger partial charge is 0.390 e. The lowest BCUT2D eigenvalue weighted by Gasteiger charge is -2.53. The second-order valence-electron chi connectivity index (χ2n) is 5.22. The fourth-order valence-electron chi connectivity index (χ4n) is 3.01. The summed E-state index contributed by atoms with van der Waals surface area (Å²) in [6.07, 6.45) is 6.21. The molecule has 0 bridgehead atoms. The summed E-state index contributed by atoms with van der Waals surface area (Å²) >= 11 is 0. The van der Waals surface area contributed by atoms with E-state index in [-0.39, 0.29) is 6.54 Å². The van der Waals surface area contributed by atoms with Gasteiger partial charge in [0.05, 0.1) is 6.54 Å². The van der Waals surface area contributed by atoms with Gasteiger partial charge in [-0.2, -0.15) is 0 Å². The lowest BCUT2D eigenvalue weighted by Crippen LogP contribution is -2.59. The van der Waals surface area contributed by atoms with E-state index in [0.717, 1.165) is 13.1 Å². The maximum absolute atomic E-state index is 12.9. The molecule has 1 saturated carbocycles. The van der Waals surface area contributed by atoms with E-state index in [9.17, 15) is 8.78 Å². The Morgan fingerprint density at radius 3 is 2.27 bits per heavy atom. The molecule has 88 valence electrons. The van der Waals surface area contributed by atoms with Crippen molar-refractivity contribution in [3.05, 3.63) is 0 Å². The molecular weight excluding hydrogens is 200 g/mol. The van der Waals surface area contributed by atoms with Gasteiger partial charge in [0.15, 0.2) is 0 Å². The molecule has 2 rings (SSSR count). The average molecular weight is 219 g/mol. The zero-order valence-electron chi connectivity index (χ0n) is 9.01. The Morgan fingerprint density at radius 2 is 1.73 bits per heavy atom. The number of nitrogens with zero attached hydrogens (tertiary/aromatic N) is 1. The van der Waals surface area contributed by atoms with Gasteiger partial charge in [-0.25, -0.2) is 8.78 Å². The summed E-state index contributed by atoms with van der Waals surface area (Å²) in [7, 11) is 0. The molecule has 4 heteroatoms. The highest BCUT2D eigenvalue weighted by Crippen LogP contribution is 2.44. The van der Waals surface area contributed by atoms with Gasteiger partial charge in [-0.1, -0.05) is 19.3 Å². The third kappa shape index (κ3) is 2.48. The van der Waals surface area contributed by atoms with Crippen molar-refractivity contribution >= 4 is 0 Å². The number of likely N-dealkylation sites (tertiary alicyclic amines) is 1. The first-order valence-electron chi connectivity index (χ1n) is 5.76. The number of hydrogen-bond donors (Lipinski definition) is 1. The Bertz CT molecular complexity index is 219. The van der Waals surface area contributed by atoms with Crippen molar-refractivity contribution in [2.24, 2.45) is 5.41 Å². The van der Waals surface area contributed by atoms with Crippen molar-refractivity contribution in [1.82, 2.24) is 4.90 Å². The molecule has 1 aliphatic carbocycles. The van der Waals surface area contributed by atoms with Crippen LogP contribution in [0.1, 0.15) is 32.1 Å². The van der Waals surface area contributed by atoms with Gasteiger partial charge in [-0.15, -0.1) is 0 Å². The average Bonchev–Trinajstić information content (AvgIpc) is 2.17. The third-order valence-electron chi connectivity index (χ3n) is 3.72. The minimum absolute atomic E-state index is 0.273. The Hall–Kier alpha value is -0.220. The molecule has 1 spiro atoms. The first-order chi connectivity index (χ1) is 7.05. The third-order valence-corrected chi connectivity index (χ3v) is 3.72. The molecule has 0 unspecified atom stereocenters. The minimum atomic E-state index is -2.92. The van der Waals surface area contributed by atoms with Crippen molar-refractivity contribution in [3.63, 3.8) is 0 Å². The zero-order valence-corrected chi connectivity index (χ0v) is 9.01. The molecule has 0 atom stereocenters. The molecule has 0 aromatic heterocycles. The summed E-state index contributed by atoms with van der Waals surface area (Å²) in [5.74, 6) is -2.92. The van der Waals surface area contributed by atoms with E-state index in [2.05, 4.69) is 0 Å². The molecule has 15 heavy (non-hydrogen) atoms. The fraction of sp³-hybridized carbons (Fsp3) is 1.00. The van der Waals surface area contributed by atoms with Crippen LogP contribution in [0.2, 0.25) is 0 Å². The highest BCUT2D eigenvalue weighted by atomic mass is 19.3. The summed E-state index contributed by atoms with van der Waals surface area (Å²) in [5, 5.41) is 8.49. The molecule has 1 aliphatic heterocycles. The lowest BCUT2D eigenvalue weighted by molar-refractivity contribution is -0.119. The fourth-order valence-corrected chi connectivity index (χ4v) is 3.01. The van der Waals surface area contributed by atoms with Crippen LogP contribution in [0.4, 0.5) is 8.78 Å². The van der Waals surface area contributed by atoms with E-state index >= 15 is 0 Å². The van der Waals surface area contributed by atoms with Gasteiger partial charge >= 0.3 is 0 Å². The zero-order chi connectivity index (χ0) is 10.9. The quantitative estimate of drug-likeness (QED) is 0.783. The number of rotatable bonds is 3. The Morgan fingerprint density at radius 1 is 1.13 bits per heavy atom. The molecule has 0 amide bonds. The number of aliphatic hydroxyl groups excluding tert-OH is 1. The van der Waals surface area contributed by atoms with E-state index in [0.29, 0.717) is 5.41 Å². The predicted molar refractivity (Wildman–Crippen MR) is 54.0 cm³/mol. The van der Waals surface area contributed by atoms with Crippen LogP contribution in [0, 0.1) is 5.41 Å². The maximum Gasteiger partial charge on any atom is 0.283 e. The molecule has 0 aromatic rings. The van der Waals surface area contributed by atoms with Gasteiger partial charge in [0.2, 0.25) is 0 Å². The van der Waals surface area contributed by atoms with Crippen molar-refractivity contribution in [1.29, 1.82) is 0 Å². The maximum atomic E-state index is 12.9. The number of hydrogen-bond acceptors (Lipinski definition) is 2. The second kappa shape index (κ2) is 3.98. The lowest BCUT2D eigenvalue weighted by atomic mass is 9.68. The summed E-state index contributed by atoms with van der Waals surface area (Å²) in [6.45, 7) is 0.312. The van der Waals surface area contributed by atoms with E-state index < -0.39 is 12.5 Å². The molecule has 2 nitrogen and oxygen atoms in total. The Kier molecular flexibility index (Phi) is 2.99. The van der Waals surface area contributed by atoms with Crippen LogP contribution in [-0.2, 0) is 0 Å². The standard InChI is InChI=1S/C11H19F2NO/c12-11(13,9-15)8-14-6-10(7-14)4-2-1-3-5-10/h15H,1-9H2. The highest BCUT2D eigenvalue weighted by molar-refractivity contribution is 4.97. The number of halogens is 2. The molecule has 1 N–H and O–H groups in total. The number of alkyl halides is 2. The smallest absolute Gasteiger partial charge is 0.283 e. The molecule has 1 heterocycles. The van der Waals surface area contributed by atoms with Gasteiger partial charge in [-0.05, 0) is 18.3 Å². The first kappa shape index (κ1) is 11.3. The van der Waals surface area contributed by atoms with Crippen molar-refractivity contribution in [2.75, 3.05) is 26.2 Å². The molecule has 2 fully saturated rings. The molecule has 0 aromatic carbocycles. The Balaban J connectivity index is 1.77. The van der Waals surface area contributed by atoms with Gasteiger partial charge in [0, 0.05) is 13.1 Å². The SMILES string of the molecule is OCC(F)(F)CN1CC2(CCCCC2)C1. The first-order valence-corrected chi connectivity index (χ1v) is 5.76. The van der Waals surface area contributed by atoms with Crippen LogP contribution in [0.5, 0.6) is 0 Å². The molecular formula is C11H19F2NO. The number of aliphatic hydroxyl groups is 1. The predicted octanol–water partition coefficient (Wildman–Crippen LogP) is 1.88.